The van der Waals surface area contributed by atoms with Gasteiger partial charge in [0, 0.05) is 0 Å². The van der Waals surface area contributed by atoms with Crippen LogP contribution in [0, 0.1) is 23.2 Å². The van der Waals surface area contributed by atoms with Crippen LogP contribution in [-0.4, -0.2) is 0 Å². The predicted molar refractivity (Wildman–Crippen MR) is 57.0 cm³/mol. The third kappa shape index (κ3) is 3.60. The summed E-state index contributed by atoms with van der Waals surface area (Å²) in [6.07, 6.45) is 3.59. The standard InChI is InChI=1S/C12H25/c1-8-11(4,5)9-12(6,7)10(2)3/h8,10H,9H2,1-7H3. The first-order chi connectivity index (χ1) is 5.21. The van der Waals surface area contributed by atoms with Crippen molar-refractivity contribution in [1.82, 2.24) is 0 Å². The Kier molecular flexibility index (Phi) is 3.81. The Hall–Kier alpha value is 0. The Labute approximate surface area is 78.8 Å². The van der Waals surface area contributed by atoms with Crippen molar-refractivity contribution in [1.29, 1.82) is 0 Å². The zero-order chi connectivity index (χ0) is 9.99. The molecule has 0 fully saturated rings. The van der Waals surface area contributed by atoms with Crippen molar-refractivity contribution >= 4 is 0 Å². The summed E-state index contributed by atoms with van der Waals surface area (Å²) in [4.78, 5) is 0. The highest BCUT2D eigenvalue weighted by atomic mass is 14.3. The molecule has 0 heteroatoms. The van der Waals surface area contributed by atoms with E-state index >= 15 is 0 Å². The SMILES string of the molecule is C[CH]C(C)(C)CC(C)(C)C(C)C. The van der Waals surface area contributed by atoms with E-state index in [0.29, 0.717) is 10.8 Å². The maximum atomic E-state index is 2.36. The van der Waals surface area contributed by atoms with Crippen LogP contribution in [0.1, 0.15) is 54.9 Å². The van der Waals surface area contributed by atoms with Crippen LogP contribution in [0.3, 0.4) is 0 Å². The third-order valence-corrected chi connectivity index (χ3v) is 3.26. The minimum Gasteiger partial charge on any atom is -0.0623 e. The van der Waals surface area contributed by atoms with Crippen LogP contribution in [0.15, 0.2) is 0 Å². The molecule has 0 aromatic rings. The molecule has 0 unspecified atom stereocenters. The van der Waals surface area contributed by atoms with Gasteiger partial charge in [-0.05, 0) is 29.6 Å². The number of hydrogen-bond acceptors (Lipinski definition) is 0. The molecule has 0 aliphatic carbocycles. The van der Waals surface area contributed by atoms with E-state index < -0.39 is 0 Å². The van der Waals surface area contributed by atoms with E-state index in [-0.39, 0.29) is 0 Å². The van der Waals surface area contributed by atoms with Gasteiger partial charge in [-0.15, -0.1) is 0 Å². The van der Waals surface area contributed by atoms with Gasteiger partial charge in [-0.25, -0.2) is 0 Å². The Morgan fingerprint density at radius 3 is 1.75 bits per heavy atom. The molecule has 0 aliphatic rings. The summed E-state index contributed by atoms with van der Waals surface area (Å²) in [5, 5.41) is 0. The quantitative estimate of drug-likeness (QED) is 0.588. The molecule has 0 aromatic heterocycles. The van der Waals surface area contributed by atoms with Gasteiger partial charge in [-0.1, -0.05) is 48.5 Å². The molecule has 0 spiro atoms. The van der Waals surface area contributed by atoms with Crippen LogP contribution in [0.25, 0.3) is 0 Å². The Morgan fingerprint density at radius 1 is 1.08 bits per heavy atom. The molecule has 0 saturated carbocycles. The van der Waals surface area contributed by atoms with E-state index in [1.54, 1.807) is 0 Å². The van der Waals surface area contributed by atoms with Gasteiger partial charge in [0.25, 0.3) is 0 Å². The lowest BCUT2D eigenvalue weighted by Gasteiger charge is -2.37. The second-order valence-electron chi connectivity index (χ2n) is 5.60. The number of hydrogen-bond donors (Lipinski definition) is 0. The van der Waals surface area contributed by atoms with Gasteiger partial charge in [0.1, 0.15) is 0 Å². The van der Waals surface area contributed by atoms with Crippen molar-refractivity contribution < 1.29 is 0 Å². The molecule has 12 heavy (non-hydrogen) atoms. The van der Waals surface area contributed by atoms with Crippen molar-refractivity contribution in [2.45, 2.75) is 54.9 Å². The van der Waals surface area contributed by atoms with E-state index in [0.717, 1.165) is 5.92 Å². The fraction of sp³-hybridized carbons (Fsp3) is 0.917. The van der Waals surface area contributed by atoms with Gasteiger partial charge < -0.3 is 0 Å². The molecule has 0 atom stereocenters. The normalized spacial score (nSPS) is 14.0. The van der Waals surface area contributed by atoms with Crippen LogP contribution in [-0.2, 0) is 0 Å². The van der Waals surface area contributed by atoms with Crippen molar-refractivity contribution in [2.75, 3.05) is 0 Å². The van der Waals surface area contributed by atoms with Crippen molar-refractivity contribution in [3.63, 3.8) is 0 Å². The highest BCUT2D eigenvalue weighted by Gasteiger charge is 2.29. The van der Waals surface area contributed by atoms with E-state index in [2.05, 4.69) is 54.9 Å². The number of rotatable bonds is 4. The molecular weight excluding hydrogens is 144 g/mol. The molecule has 73 valence electrons. The van der Waals surface area contributed by atoms with Crippen LogP contribution >= 0.6 is 0 Å². The third-order valence-electron chi connectivity index (χ3n) is 3.26. The van der Waals surface area contributed by atoms with Gasteiger partial charge in [-0.3, -0.25) is 0 Å². The van der Waals surface area contributed by atoms with Crippen molar-refractivity contribution in [3.05, 3.63) is 6.42 Å². The minimum atomic E-state index is 0.383. The average molecular weight is 169 g/mol. The molecular formula is C12H25. The summed E-state index contributed by atoms with van der Waals surface area (Å²) in [5.41, 5.74) is 0.837. The molecule has 0 bridgehead atoms. The van der Waals surface area contributed by atoms with Crippen LogP contribution in [0.5, 0.6) is 0 Å². The molecule has 1 radical (unpaired) electrons. The molecule has 0 aliphatic heterocycles. The largest absolute Gasteiger partial charge is 0.0623 e. The summed E-state index contributed by atoms with van der Waals surface area (Å²) < 4.78 is 0. The topological polar surface area (TPSA) is 0 Å². The van der Waals surface area contributed by atoms with Crippen molar-refractivity contribution in [3.8, 4) is 0 Å². The van der Waals surface area contributed by atoms with E-state index in [1.165, 1.54) is 6.42 Å². The summed E-state index contributed by atoms with van der Waals surface area (Å²) in [5.74, 6) is 0.761. The lowest BCUT2D eigenvalue weighted by molar-refractivity contribution is 0.159. The molecule has 0 nitrogen and oxygen atoms in total. The lowest BCUT2D eigenvalue weighted by atomic mass is 9.68. The zero-order valence-corrected chi connectivity index (χ0v) is 9.86. The Morgan fingerprint density at radius 2 is 1.50 bits per heavy atom. The van der Waals surface area contributed by atoms with E-state index in [9.17, 15) is 0 Å². The summed E-state index contributed by atoms with van der Waals surface area (Å²) in [7, 11) is 0. The summed E-state index contributed by atoms with van der Waals surface area (Å²) >= 11 is 0. The maximum absolute atomic E-state index is 2.36. The first-order valence-electron chi connectivity index (χ1n) is 5.02. The summed E-state index contributed by atoms with van der Waals surface area (Å²) in [6, 6.07) is 0. The molecule has 0 saturated heterocycles. The molecule has 0 heterocycles. The van der Waals surface area contributed by atoms with E-state index in [1.807, 2.05) is 0 Å². The zero-order valence-electron chi connectivity index (χ0n) is 9.86. The highest BCUT2D eigenvalue weighted by molar-refractivity contribution is 4.87. The van der Waals surface area contributed by atoms with Crippen LogP contribution in [0.2, 0.25) is 0 Å². The second-order valence-corrected chi connectivity index (χ2v) is 5.60. The Balaban J connectivity index is 4.23. The monoisotopic (exact) mass is 169 g/mol. The van der Waals surface area contributed by atoms with Crippen LogP contribution in [0.4, 0.5) is 0 Å². The van der Waals surface area contributed by atoms with Crippen molar-refractivity contribution in [2.24, 2.45) is 16.7 Å². The van der Waals surface area contributed by atoms with Gasteiger partial charge >= 0.3 is 0 Å². The van der Waals surface area contributed by atoms with Gasteiger partial charge in [0.05, 0.1) is 0 Å². The van der Waals surface area contributed by atoms with Crippen LogP contribution < -0.4 is 0 Å². The molecule has 0 N–H and O–H groups in total. The average Bonchev–Trinajstić information content (AvgIpc) is 1.85. The summed E-state index contributed by atoms with van der Waals surface area (Å²) in [6.45, 7) is 16.1. The molecule has 0 aromatic carbocycles. The first-order valence-corrected chi connectivity index (χ1v) is 5.02. The minimum absolute atomic E-state index is 0.383. The van der Waals surface area contributed by atoms with Gasteiger partial charge in [0.2, 0.25) is 0 Å². The van der Waals surface area contributed by atoms with Gasteiger partial charge in [0.15, 0.2) is 0 Å². The fourth-order valence-corrected chi connectivity index (χ4v) is 1.48. The highest BCUT2D eigenvalue weighted by Crippen LogP contribution is 2.40. The smallest absolute Gasteiger partial charge is 0.0321 e. The fourth-order valence-electron chi connectivity index (χ4n) is 1.48. The first kappa shape index (κ1) is 12.0. The second kappa shape index (κ2) is 3.81. The maximum Gasteiger partial charge on any atom is -0.0321 e. The Bertz CT molecular complexity index is 129. The predicted octanol–water partition coefficient (Wildman–Crippen LogP) is 4.31. The molecule has 0 rings (SSSR count). The van der Waals surface area contributed by atoms with E-state index in [4.69, 9.17) is 0 Å². The lowest BCUT2D eigenvalue weighted by Crippen LogP contribution is -2.27. The van der Waals surface area contributed by atoms with Gasteiger partial charge in [-0.2, -0.15) is 0 Å². The molecule has 0 amide bonds.